The molecule has 0 aliphatic rings. The third kappa shape index (κ3) is 1.80. The zero-order chi connectivity index (χ0) is 9.97. The van der Waals surface area contributed by atoms with Gasteiger partial charge in [-0.2, -0.15) is 0 Å². The molecule has 0 bridgehead atoms. The smallest absolute Gasteiger partial charge is 0.134 e. The highest BCUT2D eigenvalue weighted by Crippen LogP contribution is 2.19. The molecule has 1 atom stereocenters. The molecule has 0 radical (unpaired) electrons. The average molecular weight is 189 g/mol. The van der Waals surface area contributed by atoms with Gasteiger partial charge in [-0.25, -0.2) is 0 Å². The van der Waals surface area contributed by atoms with Gasteiger partial charge < -0.3 is 9.73 Å². The van der Waals surface area contributed by atoms with Crippen molar-refractivity contribution >= 4 is 11.0 Å². The highest BCUT2D eigenvalue weighted by Gasteiger charge is 2.06. The molecule has 1 aromatic heterocycles. The molecule has 0 amide bonds. The number of furan rings is 1. The minimum absolute atomic E-state index is 0.454. The van der Waals surface area contributed by atoms with Crippen LogP contribution in [-0.2, 0) is 6.42 Å². The second kappa shape index (κ2) is 3.84. The molecule has 0 spiro atoms. The molecule has 14 heavy (non-hydrogen) atoms. The fraction of sp³-hybridized carbons (Fsp3) is 0.333. The molecule has 74 valence electrons. The third-order valence-electron chi connectivity index (χ3n) is 2.48. The van der Waals surface area contributed by atoms with Crippen LogP contribution in [0.1, 0.15) is 12.7 Å². The fourth-order valence-corrected chi connectivity index (χ4v) is 1.54. The number of hydrogen-bond acceptors (Lipinski definition) is 2. The van der Waals surface area contributed by atoms with Crippen molar-refractivity contribution in [3.8, 4) is 0 Å². The van der Waals surface area contributed by atoms with Crippen LogP contribution in [0.25, 0.3) is 11.0 Å². The molecule has 2 aromatic rings. The summed E-state index contributed by atoms with van der Waals surface area (Å²) in [5, 5.41) is 4.38. The quantitative estimate of drug-likeness (QED) is 0.802. The van der Waals surface area contributed by atoms with E-state index in [1.165, 1.54) is 5.39 Å². The molecule has 0 saturated heterocycles. The van der Waals surface area contributed by atoms with E-state index in [-0.39, 0.29) is 0 Å². The molecule has 2 rings (SSSR count). The van der Waals surface area contributed by atoms with Crippen LogP contribution in [0.3, 0.4) is 0 Å². The summed E-state index contributed by atoms with van der Waals surface area (Å²) in [6, 6.07) is 10.7. The Bertz CT molecular complexity index is 386. The predicted molar refractivity (Wildman–Crippen MR) is 58.4 cm³/mol. The molecule has 1 N–H and O–H groups in total. The zero-order valence-corrected chi connectivity index (χ0v) is 8.58. The Hall–Kier alpha value is -1.28. The number of fused-ring (bicyclic) bond motifs is 1. The standard InChI is InChI=1S/C12H15NO/c1-9(13-2)7-11-8-10-5-3-4-6-12(10)14-11/h3-6,8-9,13H,7H2,1-2H3/t9-/m0/s1. The summed E-state index contributed by atoms with van der Waals surface area (Å²) < 4.78 is 5.70. The van der Waals surface area contributed by atoms with E-state index in [1.807, 2.05) is 25.2 Å². The maximum atomic E-state index is 5.70. The second-order valence-electron chi connectivity index (χ2n) is 3.64. The van der Waals surface area contributed by atoms with Crippen LogP contribution in [-0.4, -0.2) is 13.1 Å². The Morgan fingerprint density at radius 3 is 2.86 bits per heavy atom. The zero-order valence-electron chi connectivity index (χ0n) is 8.58. The number of likely N-dealkylation sites (N-methyl/N-ethyl adjacent to an activating group) is 1. The van der Waals surface area contributed by atoms with Crippen molar-refractivity contribution in [1.29, 1.82) is 0 Å². The SMILES string of the molecule is CN[C@@H](C)Cc1cc2ccccc2o1. The van der Waals surface area contributed by atoms with Gasteiger partial charge in [-0.15, -0.1) is 0 Å². The van der Waals surface area contributed by atoms with Crippen LogP contribution in [0.4, 0.5) is 0 Å². The molecule has 0 fully saturated rings. The normalized spacial score (nSPS) is 13.3. The van der Waals surface area contributed by atoms with Crippen LogP contribution in [0, 0.1) is 0 Å². The average Bonchev–Trinajstić information content (AvgIpc) is 2.59. The summed E-state index contributed by atoms with van der Waals surface area (Å²) in [6.45, 7) is 2.15. The molecule has 1 aromatic carbocycles. The van der Waals surface area contributed by atoms with Gasteiger partial charge in [0.25, 0.3) is 0 Å². The van der Waals surface area contributed by atoms with Crippen molar-refractivity contribution in [3.05, 3.63) is 36.1 Å². The minimum atomic E-state index is 0.454. The van der Waals surface area contributed by atoms with Gasteiger partial charge in [-0.1, -0.05) is 18.2 Å². The van der Waals surface area contributed by atoms with Crippen molar-refractivity contribution in [2.24, 2.45) is 0 Å². The number of para-hydroxylation sites is 1. The number of rotatable bonds is 3. The first-order valence-electron chi connectivity index (χ1n) is 4.94. The summed E-state index contributed by atoms with van der Waals surface area (Å²) in [5.41, 5.74) is 0.978. The topological polar surface area (TPSA) is 25.2 Å². The summed E-state index contributed by atoms with van der Waals surface area (Å²) in [5.74, 6) is 1.05. The van der Waals surface area contributed by atoms with E-state index in [9.17, 15) is 0 Å². The molecule has 0 aliphatic heterocycles. The molecule has 2 heteroatoms. The maximum absolute atomic E-state index is 5.70. The van der Waals surface area contributed by atoms with Crippen molar-refractivity contribution in [2.75, 3.05) is 7.05 Å². The lowest BCUT2D eigenvalue weighted by atomic mass is 10.2. The van der Waals surface area contributed by atoms with Gasteiger partial charge in [0.1, 0.15) is 11.3 Å². The largest absolute Gasteiger partial charge is 0.461 e. The maximum Gasteiger partial charge on any atom is 0.134 e. The van der Waals surface area contributed by atoms with Crippen molar-refractivity contribution in [1.82, 2.24) is 5.32 Å². The highest BCUT2D eigenvalue weighted by molar-refractivity contribution is 5.77. The fourth-order valence-electron chi connectivity index (χ4n) is 1.54. The Labute approximate surface area is 83.9 Å². The Morgan fingerprint density at radius 1 is 1.36 bits per heavy atom. The van der Waals surface area contributed by atoms with Gasteiger partial charge in [0.15, 0.2) is 0 Å². The summed E-state index contributed by atoms with van der Waals surface area (Å²) in [4.78, 5) is 0. The van der Waals surface area contributed by atoms with E-state index in [2.05, 4.69) is 24.4 Å². The van der Waals surface area contributed by atoms with Gasteiger partial charge in [0.2, 0.25) is 0 Å². The van der Waals surface area contributed by atoms with E-state index in [0.29, 0.717) is 6.04 Å². The second-order valence-corrected chi connectivity index (χ2v) is 3.64. The van der Waals surface area contributed by atoms with Crippen LogP contribution < -0.4 is 5.32 Å². The molecule has 1 heterocycles. The lowest BCUT2D eigenvalue weighted by molar-refractivity contribution is 0.497. The Morgan fingerprint density at radius 2 is 2.14 bits per heavy atom. The first kappa shape index (κ1) is 9.28. The van der Waals surface area contributed by atoms with Crippen LogP contribution in [0.5, 0.6) is 0 Å². The summed E-state index contributed by atoms with van der Waals surface area (Å²) in [6.07, 6.45) is 0.936. The lowest BCUT2D eigenvalue weighted by Crippen LogP contribution is -2.23. The van der Waals surface area contributed by atoms with Crippen LogP contribution in [0.2, 0.25) is 0 Å². The van der Waals surface area contributed by atoms with Gasteiger partial charge in [0, 0.05) is 17.8 Å². The highest BCUT2D eigenvalue weighted by atomic mass is 16.3. The van der Waals surface area contributed by atoms with E-state index >= 15 is 0 Å². The monoisotopic (exact) mass is 189 g/mol. The molecule has 0 saturated carbocycles. The summed E-state index contributed by atoms with van der Waals surface area (Å²) >= 11 is 0. The van der Waals surface area contributed by atoms with Gasteiger partial charge in [0.05, 0.1) is 0 Å². The van der Waals surface area contributed by atoms with Gasteiger partial charge in [-0.05, 0) is 26.1 Å². The number of nitrogens with one attached hydrogen (secondary N) is 1. The van der Waals surface area contributed by atoms with E-state index in [0.717, 1.165) is 17.8 Å². The molecule has 2 nitrogen and oxygen atoms in total. The first-order chi connectivity index (χ1) is 6.79. The lowest BCUT2D eigenvalue weighted by Gasteiger charge is -2.06. The van der Waals surface area contributed by atoms with Gasteiger partial charge >= 0.3 is 0 Å². The van der Waals surface area contributed by atoms with E-state index in [4.69, 9.17) is 4.42 Å². The van der Waals surface area contributed by atoms with Crippen molar-refractivity contribution in [3.63, 3.8) is 0 Å². The molecule has 0 aliphatic carbocycles. The number of hydrogen-bond donors (Lipinski definition) is 1. The van der Waals surface area contributed by atoms with Crippen molar-refractivity contribution < 1.29 is 4.42 Å². The van der Waals surface area contributed by atoms with Crippen LogP contribution >= 0.6 is 0 Å². The minimum Gasteiger partial charge on any atom is -0.461 e. The van der Waals surface area contributed by atoms with Crippen molar-refractivity contribution in [2.45, 2.75) is 19.4 Å². The van der Waals surface area contributed by atoms with Gasteiger partial charge in [-0.3, -0.25) is 0 Å². The Kier molecular flexibility index (Phi) is 2.55. The predicted octanol–water partition coefficient (Wildman–Crippen LogP) is 2.58. The molecular formula is C12H15NO. The third-order valence-corrected chi connectivity index (χ3v) is 2.48. The Balaban J connectivity index is 2.27. The van der Waals surface area contributed by atoms with E-state index in [1.54, 1.807) is 0 Å². The van der Waals surface area contributed by atoms with Crippen LogP contribution in [0.15, 0.2) is 34.7 Å². The molecule has 0 unspecified atom stereocenters. The summed E-state index contributed by atoms with van der Waals surface area (Å²) in [7, 11) is 1.97. The molecular weight excluding hydrogens is 174 g/mol. The first-order valence-corrected chi connectivity index (χ1v) is 4.94. The van der Waals surface area contributed by atoms with E-state index < -0.39 is 0 Å². The number of benzene rings is 1.